The van der Waals surface area contributed by atoms with Crippen molar-refractivity contribution in [1.29, 1.82) is 0 Å². The van der Waals surface area contributed by atoms with Crippen LogP contribution in [0, 0.1) is 17.8 Å². The first-order valence-corrected chi connectivity index (χ1v) is 10.0. The van der Waals surface area contributed by atoms with Crippen molar-refractivity contribution in [3.05, 3.63) is 24.3 Å². The third-order valence-electron chi connectivity index (χ3n) is 3.68. The van der Waals surface area contributed by atoms with E-state index in [-0.39, 0.29) is 36.3 Å². The smallest absolute Gasteiger partial charge is 0.261 e. The number of sulfonamides is 1. The summed E-state index contributed by atoms with van der Waals surface area (Å²) in [5, 5.41) is 11.5. The van der Waals surface area contributed by atoms with Gasteiger partial charge in [-0.05, 0) is 43.5 Å². The molecule has 1 rings (SSSR count). The van der Waals surface area contributed by atoms with Gasteiger partial charge < -0.3 is 10.1 Å². The molecule has 0 radical (unpaired) electrons. The molecule has 0 aromatic heterocycles. The van der Waals surface area contributed by atoms with Gasteiger partial charge in [0.1, 0.15) is 18.4 Å². The predicted molar refractivity (Wildman–Crippen MR) is 102 cm³/mol. The lowest BCUT2D eigenvalue weighted by molar-refractivity contribution is -0.131. The van der Waals surface area contributed by atoms with Gasteiger partial charge in [-0.3, -0.25) is 14.8 Å². The van der Waals surface area contributed by atoms with Gasteiger partial charge in [0.05, 0.1) is 4.90 Å². The first-order chi connectivity index (χ1) is 13.2. The third kappa shape index (κ3) is 7.96. The number of rotatable bonds is 10. The van der Waals surface area contributed by atoms with Gasteiger partial charge >= 0.3 is 0 Å². The average molecular weight is 411 g/mol. The van der Waals surface area contributed by atoms with Crippen LogP contribution in [0.15, 0.2) is 29.2 Å². The van der Waals surface area contributed by atoms with Gasteiger partial charge in [-0.25, -0.2) is 13.9 Å². The van der Waals surface area contributed by atoms with E-state index in [1.54, 1.807) is 13.8 Å². The minimum atomic E-state index is -4.03. The number of carbonyl (C=O) groups excluding carboxylic acids is 2. The van der Waals surface area contributed by atoms with Crippen LogP contribution < -0.4 is 20.3 Å². The second-order valence-corrected chi connectivity index (χ2v) is 7.83. The van der Waals surface area contributed by atoms with Gasteiger partial charge in [0.2, 0.25) is 15.9 Å². The largest absolute Gasteiger partial charge is 0.481 e. The molecule has 0 aliphatic rings. The number of benzene rings is 1. The Morgan fingerprint density at radius 2 is 1.89 bits per heavy atom. The lowest BCUT2D eigenvalue weighted by atomic mass is 10.0. The molecule has 0 saturated heterocycles. The molecule has 4 N–H and O–H groups in total. The van der Waals surface area contributed by atoms with Crippen molar-refractivity contribution in [3.63, 3.8) is 0 Å². The Hall–Kier alpha value is -2.61. The summed E-state index contributed by atoms with van der Waals surface area (Å²) >= 11 is 0. The van der Waals surface area contributed by atoms with E-state index in [2.05, 4.69) is 21.9 Å². The average Bonchev–Trinajstić information content (AvgIpc) is 2.65. The van der Waals surface area contributed by atoms with Gasteiger partial charge in [0.15, 0.2) is 0 Å². The lowest BCUT2D eigenvalue weighted by Crippen LogP contribution is -2.47. The van der Waals surface area contributed by atoms with Crippen LogP contribution in [0.1, 0.15) is 27.2 Å². The highest BCUT2D eigenvalue weighted by Crippen LogP contribution is 2.17. The van der Waals surface area contributed by atoms with E-state index in [9.17, 15) is 18.0 Å². The van der Waals surface area contributed by atoms with Crippen LogP contribution >= 0.6 is 0 Å². The standard InChI is InChI=1S/C18H25N3O6S/c1-4-5-10-27-15-6-8-16(9-7-15)28(25,26)21-17(18(23)20-24)11-13(2)12-19-14(3)22/h6-9,13,17,21,24H,10-12H2,1-3H3,(H,19,22)(H,20,23). The minimum Gasteiger partial charge on any atom is -0.481 e. The number of hydrogen-bond acceptors (Lipinski definition) is 6. The SMILES string of the molecule is CC#CCOc1ccc(S(=O)(=O)NC(CC(C)CNC(C)=O)C(=O)NO)cc1. The van der Waals surface area contributed by atoms with E-state index in [0.29, 0.717) is 5.75 Å². The van der Waals surface area contributed by atoms with Crippen LogP contribution in [0.5, 0.6) is 5.75 Å². The number of hydrogen-bond donors (Lipinski definition) is 4. The molecule has 28 heavy (non-hydrogen) atoms. The summed E-state index contributed by atoms with van der Waals surface area (Å²) in [5.41, 5.74) is 1.46. The Bertz CT molecular complexity index is 827. The van der Waals surface area contributed by atoms with Gasteiger partial charge in [0, 0.05) is 13.5 Å². The van der Waals surface area contributed by atoms with Crippen LogP contribution in [0.2, 0.25) is 0 Å². The van der Waals surface area contributed by atoms with E-state index in [0.717, 1.165) is 0 Å². The fourth-order valence-corrected chi connectivity index (χ4v) is 3.46. The summed E-state index contributed by atoms with van der Waals surface area (Å²) in [7, 11) is -4.03. The third-order valence-corrected chi connectivity index (χ3v) is 5.17. The number of carbonyl (C=O) groups is 2. The van der Waals surface area contributed by atoms with Crippen LogP contribution in [0.3, 0.4) is 0 Å². The van der Waals surface area contributed by atoms with Crippen molar-refractivity contribution >= 4 is 21.8 Å². The maximum Gasteiger partial charge on any atom is 0.261 e. The van der Waals surface area contributed by atoms with Crippen LogP contribution in [0.25, 0.3) is 0 Å². The highest BCUT2D eigenvalue weighted by atomic mass is 32.2. The van der Waals surface area contributed by atoms with E-state index in [1.807, 2.05) is 0 Å². The molecule has 0 fully saturated rings. The van der Waals surface area contributed by atoms with E-state index in [4.69, 9.17) is 9.94 Å². The number of hydroxylamine groups is 1. The maximum atomic E-state index is 12.6. The molecule has 2 amide bonds. The van der Waals surface area contributed by atoms with Crippen molar-refractivity contribution in [3.8, 4) is 17.6 Å². The van der Waals surface area contributed by atoms with Crippen molar-refractivity contribution in [2.45, 2.75) is 38.1 Å². The molecule has 0 heterocycles. The summed E-state index contributed by atoms with van der Waals surface area (Å²) in [4.78, 5) is 22.8. The van der Waals surface area contributed by atoms with Crippen molar-refractivity contribution in [1.82, 2.24) is 15.5 Å². The highest BCUT2D eigenvalue weighted by Gasteiger charge is 2.27. The Kier molecular flexibility index (Phi) is 9.44. The molecule has 9 nitrogen and oxygen atoms in total. The Balaban J connectivity index is 2.86. The second kappa shape index (κ2) is 11.3. The molecular weight excluding hydrogens is 386 g/mol. The topological polar surface area (TPSA) is 134 Å². The van der Waals surface area contributed by atoms with Crippen molar-refractivity contribution in [2.75, 3.05) is 13.2 Å². The normalized spacial score (nSPS) is 12.9. The molecule has 0 bridgehead atoms. The van der Waals surface area contributed by atoms with E-state index in [1.165, 1.54) is 36.7 Å². The molecule has 0 saturated carbocycles. The second-order valence-electron chi connectivity index (χ2n) is 6.11. The first-order valence-electron chi connectivity index (χ1n) is 8.52. The lowest BCUT2D eigenvalue weighted by Gasteiger charge is -2.20. The Morgan fingerprint density at radius 1 is 1.25 bits per heavy atom. The first kappa shape index (κ1) is 23.4. The fraction of sp³-hybridized carbons (Fsp3) is 0.444. The van der Waals surface area contributed by atoms with Crippen LogP contribution in [0.4, 0.5) is 0 Å². The van der Waals surface area contributed by atoms with Gasteiger partial charge in [0.25, 0.3) is 5.91 Å². The van der Waals surface area contributed by atoms with Crippen molar-refractivity contribution < 1.29 is 28.0 Å². The molecule has 10 heteroatoms. The summed E-state index contributed by atoms with van der Waals surface area (Å²) in [6, 6.07) is 4.42. The van der Waals surface area contributed by atoms with E-state index >= 15 is 0 Å². The van der Waals surface area contributed by atoms with Crippen molar-refractivity contribution in [2.24, 2.45) is 5.92 Å². The molecule has 2 unspecified atom stereocenters. The zero-order valence-electron chi connectivity index (χ0n) is 16.0. The van der Waals surface area contributed by atoms with E-state index < -0.39 is 22.0 Å². The van der Waals surface area contributed by atoms with Gasteiger partial charge in [-0.15, -0.1) is 5.92 Å². The molecule has 1 aromatic rings. The fourth-order valence-electron chi connectivity index (χ4n) is 2.25. The van der Waals surface area contributed by atoms with Gasteiger partial charge in [-0.2, -0.15) is 4.72 Å². The molecule has 1 aromatic carbocycles. The quantitative estimate of drug-likeness (QED) is 0.250. The highest BCUT2D eigenvalue weighted by molar-refractivity contribution is 7.89. The molecule has 0 aliphatic heterocycles. The summed E-state index contributed by atoms with van der Waals surface area (Å²) in [6.07, 6.45) is 0.0722. The number of ether oxygens (including phenoxy) is 1. The molecule has 0 aliphatic carbocycles. The summed E-state index contributed by atoms with van der Waals surface area (Å²) < 4.78 is 32.8. The van der Waals surface area contributed by atoms with Crippen LogP contribution in [-0.4, -0.2) is 44.6 Å². The summed E-state index contributed by atoms with van der Waals surface area (Å²) in [6.45, 7) is 5.23. The number of nitrogens with one attached hydrogen (secondary N) is 3. The predicted octanol–water partition coefficient (Wildman–Crippen LogP) is 0.403. The zero-order chi connectivity index (χ0) is 21.2. The number of amides is 2. The summed E-state index contributed by atoms with van der Waals surface area (Å²) in [5.74, 6) is 4.51. The Morgan fingerprint density at radius 3 is 2.43 bits per heavy atom. The Labute approximate surface area is 164 Å². The maximum absolute atomic E-state index is 12.6. The minimum absolute atomic E-state index is 0.0633. The molecule has 154 valence electrons. The van der Waals surface area contributed by atoms with Gasteiger partial charge in [-0.1, -0.05) is 12.8 Å². The van der Waals surface area contributed by atoms with Crippen LogP contribution in [-0.2, 0) is 19.6 Å². The molecular formula is C18H25N3O6S. The monoisotopic (exact) mass is 411 g/mol. The zero-order valence-corrected chi connectivity index (χ0v) is 16.8. The molecule has 2 atom stereocenters. The molecule has 0 spiro atoms.